The zero-order valence-corrected chi connectivity index (χ0v) is 12.9. The predicted molar refractivity (Wildman–Crippen MR) is 83.8 cm³/mol. The van der Waals surface area contributed by atoms with Crippen LogP contribution in [0.3, 0.4) is 0 Å². The summed E-state index contributed by atoms with van der Waals surface area (Å²) in [4.78, 5) is 0. The largest absolute Gasteiger partial charge is 0.497 e. The van der Waals surface area contributed by atoms with Crippen molar-refractivity contribution in [2.24, 2.45) is 0 Å². The van der Waals surface area contributed by atoms with Gasteiger partial charge in [-0.05, 0) is 29.3 Å². The summed E-state index contributed by atoms with van der Waals surface area (Å²) in [6.45, 7) is 0.712. The van der Waals surface area contributed by atoms with E-state index in [4.69, 9.17) is 4.74 Å². The summed E-state index contributed by atoms with van der Waals surface area (Å²) in [6.07, 6.45) is 0. The second-order valence-corrected chi connectivity index (χ2v) is 5.34. The van der Waals surface area contributed by atoms with Gasteiger partial charge in [0.25, 0.3) is 0 Å². The molecule has 4 heteroatoms. The second-order valence-electron chi connectivity index (χ2n) is 4.48. The molecule has 0 saturated heterocycles. The Kier molecular flexibility index (Phi) is 5.59. The van der Waals surface area contributed by atoms with E-state index in [9.17, 15) is 5.11 Å². The summed E-state index contributed by atoms with van der Waals surface area (Å²) >= 11 is 3.53. The molecular weight excluding hydrogens is 318 g/mol. The van der Waals surface area contributed by atoms with E-state index in [0.29, 0.717) is 6.54 Å². The van der Waals surface area contributed by atoms with Gasteiger partial charge in [-0.25, -0.2) is 0 Å². The summed E-state index contributed by atoms with van der Waals surface area (Å²) in [6, 6.07) is 15.7. The van der Waals surface area contributed by atoms with E-state index >= 15 is 0 Å². The highest BCUT2D eigenvalue weighted by molar-refractivity contribution is 9.10. The number of benzene rings is 2. The van der Waals surface area contributed by atoms with Gasteiger partial charge in [-0.1, -0.05) is 46.3 Å². The van der Waals surface area contributed by atoms with Crippen molar-refractivity contribution in [2.75, 3.05) is 13.7 Å². The summed E-state index contributed by atoms with van der Waals surface area (Å²) in [5, 5.41) is 12.9. The number of aliphatic hydroxyl groups excluding tert-OH is 1. The number of ether oxygens (including phenoxy) is 1. The summed E-state index contributed by atoms with van der Waals surface area (Å²) in [5.41, 5.74) is 2.17. The highest BCUT2D eigenvalue weighted by atomic mass is 79.9. The van der Waals surface area contributed by atoms with Crippen LogP contribution in [0, 0.1) is 0 Å². The maximum absolute atomic E-state index is 9.53. The van der Waals surface area contributed by atoms with Gasteiger partial charge in [-0.3, -0.25) is 0 Å². The third kappa shape index (κ3) is 3.82. The highest BCUT2D eigenvalue weighted by Crippen LogP contribution is 2.23. The number of methoxy groups -OCH3 is 1. The molecule has 0 aromatic heterocycles. The summed E-state index contributed by atoms with van der Waals surface area (Å²) in [7, 11) is 1.65. The summed E-state index contributed by atoms with van der Waals surface area (Å²) < 4.78 is 6.25. The van der Waals surface area contributed by atoms with E-state index in [-0.39, 0.29) is 12.6 Å². The van der Waals surface area contributed by atoms with Crippen LogP contribution in [0.4, 0.5) is 0 Å². The predicted octanol–water partition coefficient (Wildman–Crippen LogP) is 3.28. The molecule has 0 amide bonds. The van der Waals surface area contributed by atoms with Crippen molar-refractivity contribution in [2.45, 2.75) is 12.6 Å². The lowest BCUT2D eigenvalue weighted by Crippen LogP contribution is -2.24. The molecule has 2 rings (SSSR count). The monoisotopic (exact) mass is 335 g/mol. The Labute approximate surface area is 127 Å². The first-order valence-corrected chi connectivity index (χ1v) is 7.25. The van der Waals surface area contributed by atoms with Gasteiger partial charge >= 0.3 is 0 Å². The fourth-order valence-corrected chi connectivity index (χ4v) is 2.41. The standard InChI is InChI=1S/C16H18BrNO2/c1-20-14-7-8-15(17)13(9-14)10-18-16(11-19)12-5-3-2-4-6-12/h2-9,16,18-19H,10-11H2,1H3. The SMILES string of the molecule is COc1ccc(Br)c(CNC(CO)c2ccccc2)c1. The molecule has 2 aromatic rings. The molecule has 0 radical (unpaired) electrons. The van der Waals surface area contributed by atoms with E-state index < -0.39 is 0 Å². The first-order chi connectivity index (χ1) is 9.74. The number of rotatable bonds is 6. The molecule has 20 heavy (non-hydrogen) atoms. The Morgan fingerprint density at radius 1 is 1.20 bits per heavy atom. The highest BCUT2D eigenvalue weighted by Gasteiger charge is 2.10. The smallest absolute Gasteiger partial charge is 0.119 e. The molecule has 3 nitrogen and oxygen atoms in total. The number of halogens is 1. The van der Waals surface area contributed by atoms with Crippen molar-refractivity contribution in [3.63, 3.8) is 0 Å². The zero-order chi connectivity index (χ0) is 14.4. The number of aliphatic hydroxyl groups is 1. The quantitative estimate of drug-likeness (QED) is 0.851. The fraction of sp³-hybridized carbons (Fsp3) is 0.250. The molecule has 106 valence electrons. The van der Waals surface area contributed by atoms with Gasteiger partial charge in [0.1, 0.15) is 5.75 Å². The Morgan fingerprint density at radius 2 is 1.95 bits per heavy atom. The van der Waals surface area contributed by atoms with Gasteiger partial charge < -0.3 is 15.2 Å². The van der Waals surface area contributed by atoms with E-state index in [0.717, 1.165) is 21.3 Å². The van der Waals surface area contributed by atoms with Crippen molar-refractivity contribution in [3.05, 3.63) is 64.1 Å². The third-order valence-electron chi connectivity index (χ3n) is 3.18. The van der Waals surface area contributed by atoms with Crippen LogP contribution >= 0.6 is 15.9 Å². The molecule has 0 bridgehead atoms. The van der Waals surface area contributed by atoms with Crippen molar-refractivity contribution in [3.8, 4) is 5.75 Å². The van der Waals surface area contributed by atoms with Crippen LogP contribution in [-0.2, 0) is 6.54 Å². The summed E-state index contributed by atoms with van der Waals surface area (Å²) in [5.74, 6) is 0.824. The van der Waals surface area contributed by atoms with Gasteiger partial charge in [0.2, 0.25) is 0 Å². The topological polar surface area (TPSA) is 41.5 Å². The first-order valence-electron chi connectivity index (χ1n) is 6.46. The van der Waals surface area contributed by atoms with Crippen LogP contribution in [0.1, 0.15) is 17.2 Å². The maximum atomic E-state index is 9.53. The van der Waals surface area contributed by atoms with Crippen molar-refractivity contribution < 1.29 is 9.84 Å². The van der Waals surface area contributed by atoms with Gasteiger partial charge in [0.15, 0.2) is 0 Å². The molecule has 1 unspecified atom stereocenters. The van der Waals surface area contributed by atoms with Gasteiger partial charge in [-0.15, -0.1) is 0 Å². The lowest BCUT2D eigenvalue weighted by Gasteiger charge is -2.17. The zero-order valence-electron chi connectivity index (χ0n) is 11.3. The average molecular weight is 336 g/mol. The van der Waals surface area contributed by atoms with E-state index in [1.807, 2.05) is 48.5 Å². The Bertz CT molecular complexity index is 545. The average Bonchev–Trinajstić information content (AvgIpc) is 2.50. The van der Waals surface area contributed by atoms with Gasteiger partial charge in [0.05, 0.1) is 19.8 Å². The molecule has 0 aliphatic carbocycles. The van der Waals surface area contributed by atoms with Crippen molar-refractivity contribution in [1.82, 2.24) is 5.32 Å². The molecule has 2 aromatic carbocycles. The minimum Gasteiger partial charge on any atom is -0.497 e. The maximum Gasteiger partial charge on any atom is 0.119 e. The minimum atomic E-state index is -0.0747. The number of nitrogens with one attached hydrogen (secondary N) is 1. The van der Waals surface area contributed by atoms with E-state index in [2.05, 4.69) is 21.2 Å². The Balaban J connectivity index is 2.07. The van der Waals surface area contributed by atoms with Crippen molar-refractivity contribution in [1.29, 1.82) is 0 Å². The van der Waals surface area contributed by atoms with Gasteiger partial charge in [0, 0.05) is 11.0 Å². The van der Waals surface area contributed by atoms with E-state index in [1.54, 1.807) is 7.11 Å². The van der Waals surface area contributed by atoms with Crippen molar-refractivity contribution >= 4 is 15.9 Å². The molecule has 0 aliphatic rings. The molecule has 0 heterocycles. The molecule has 0 spiro atoms. The van der Waals surface area contributed by atoms with Gasteiger partial charge in [-0.2, -0.15) is 0 Å². The van der Waals surface area contributed by atoms with Crippen LogP contribution in [0.25, 0.3) is 0 Å². The Hall–Kier alpha value is -1.36. The van der Waals surface area contributed by atoms with Crippen LogP contribution in [0.5, 0.6) is 5.75 Å². The van der Waals surface area contributed by atoms with Crippen LogP contribution < -0.4 is 10.1 Å². The first kappa shape index (κ1) is 15.0. The molecule has 0 fully saturated rings. The molecular formula is C16H18BrNO2. The molecule has 0 aliphatic heterocycles. The molecule has 0 saturated carbocycles. The lowest BCUT2D eigenvalue weighted by molar-refractivity contribution is 0.243. The van der Waals surface area contributed by atoms with Crippen LogP contribution in [0.2, 0.25) is 0 Å². The fourth-order valence-electron chi connectivity index (χ4n) is 2.02. The number of hydrogen-bond acceptors (Lipinski definition) is 3. The number of hydrogen-bond donors (Lipinski definition) is 2. The lowest BCUT2D eigenvalue weighted by atomic mass is 10.1. The Morgan fingerprint density at radius 3 is 2.60 bits per heavy atom. The molecule has 2 N–H and O–H groups in total. The third-order valence-corrected chi connectivity index (χ3v) is 3.95. The van der Waals surface area contributed by atoms with Crippen LogP contribution in [0.15, 0.2) is 53.0 Å². The minimum absolute atomic E-state index is 0.0611. The van der Waals surface area contributed by atoms with E-state index in [1.165, 1.54) is 0 Å². The molecule has 1 atom stereocenters. The normalized spacial score (nSPS) is 12.2. The second kappa shape index (κ2) is 7.43. The van der Waals surface area contributed by atoms with Crippen LogP contribution in [-0.4, -0.2) is 18.8 Å².